The van der Waals surface area contributed by atoms with E-state index in [0.29, 0.717) is 12.1 Å². The molecule has 3 N–H and O–H groups in total. The van der Waals surface area contributed by atoms with Crippen molar-refractivity contribution in [1.82, 2.24) is 0 Å². The highest BCUT2D eigenvalue weighted by Crippen LogP contribution is 2.20. The molecule has 2 aromatic carbocycles. The summed E-state index contributed by atoms with van der Waals surface area (Å²) in [6.45, 7) is 0. The van der Waals surface area contributed by atoms with Crippen molar-refractivity contribution in [2.75, 3.05) is 5.32 Å². The molecule has 3 nitrogen and oxygen atoms in total. The van der Waals surface area contributed by atoms with Gasteiger partial charge in [0, 0.05) is 18.2 Å². The Balaban J connectivity index is 1.86. The summed E-state index contributed by atoms with van der Waals surface area (Å²) in [7, 11) is 0. The second-order valence-corrected chi connectivity index (χ2v) is 5.14. The van der Waals surface area contributed by atoms with E-state index in [1.54, 1.807) is 0 Å². The molecule has 0 spiro atoms. The molecule has 0 aliphatic rings. The monoisotopic (exact) mass is 306 g/mol. The summed E-state index contributed by atoms with van der Waals surface area (Å²) in [6, 6.07) is 13.5. The quantitative estimate of drug-likeness (QED) is 0.880. The van der Waals surface area contributed by atoms with Crippen molar-refractivity contribution in [2.45, 2.75) is 18.9 Å². The van der Waals surface area contributed by atoms with Crippen molar-refractivity contribution in [1.29, 1.82) is 0 Å². The number of nitrogens with one attached hydrogen (secondary N) is 1. The molecule has 0 fully saturated rings. The molecule has 0 saturated heterocycles. The SMILES string of the molecule is NC(CCC(=O)Nc1ccc(F)c(Cl)c1)c1ccccc1. The maximum absolute atomic E-state index is 13.0. The first-order chi connectivity index (χ1) is 10.1. The molecule has 2 rings (SSSR count). The molecule has 0 aliphatic carbocycles. The van der Waals surface area contributed by atoms with Crippen LogP contribution in [0.3, 0.4) is 0 Å². The first kappa shape index (κ1) is 15.5. The van der Waals surface area contributed by atoms with E-state index in [1.807, 2.05) is 30.3 Å². The number of hydrogen-bond donors (Lipinski definition) is 2. The van der Waals surface area contributed by atoms with Gasteiger partial charge in [-0.3, -0.25) is 4.79 Å². The van der Waals surface area contributed by atoms with Gasteiger partial charge in [0.15, 0.2) is 0 Å². The lowest BCUT2D eigenvalue weighted by molar-refractivity contribution is -0.116. The predicted molar refractivity (Wildman–Crippen MR) is 82.6 cm³/mol. The van der Waals surface area contributed by atoms with E-state index < -0.39 is 5.82 Å². The van der Waals surface area contributed by atoms with E-state index >= 15 is 0 Å². The Labute approximate surface area is 127 Å². The molecule has 0 bridgehead atoms. The highest BCUT2D eigenvalue weighted by atomic mass is 35.5. The van der Waals surface area contributed by atoms with Crippen LogP contribution in [0.1, 0.15) is 24.4 Å². The first-order valence-electron chi connectivity index (χ1n) is 6.61. The minimum atomic E-state index is -0.513. The lowest BCUT2D eigenvalue weighted by Crippen LogP contribution is -2.16. The van der Waals surface area contributed by atoms with Crippen molar-refractivity contribution in [3.63, 3.8) is 0 Å². The molecule has 1 unspecified atom stereocenters. The summed E-state index contributed by atoms with van der Waals surface area (Å²) in [6.07, 6.45) is 0.815. The average molecular weight is 307 g/mol. The van der Waals surface area contributed by atoms with Crippen LogP contribution in [0.15, 0.2) is 48.5 Å². The predicted octanol–water partition coefficient (Wildman–Crippen LogP) is 3.90. The van der Waals surface area contributed by atoms with Crippen molar-refractivity contribution in [3.8, 4) is 0 Å². The molecule has 0 aromatic heterocycles. The van der Waals surface area contributed by atoms with Crippen molar-refractivity contribution in [3.05, 3.63) is 64.9 Å². The highest BCUT2D eigenvalue weighted by Gasteiger charge is 2.10. The van der Waals surface area contributed by atoms with Crippen molar-refractivity contribution < 1.29 is 9.18 Å². The standard InChI is InChI=1S/C16H16ClFN2O/c17-13-10-12(6-7-14(13)18)20-16(21)9-8-15(19)11-4-2-1-3-5-11/h1-7,10,15H,8-9,19H2,(H,20,21). The minimum absolute atomic E-state index is 0.0196. The zero-order valence-electron chi connectivity index (χ0n) is 11.4. The summed E-state index contributed by atoms with van der Waals surface area (Å²) in [5.41, 5.74) is 7.50. The fourth-order valence-electron chi connectivity index (χ4n) is 1.95. The maximum atomic E-state index is 13.0. The van der Waals surface area contributed by atoms with Crippen LogP contribution < -0.4 is 11.1 Å². The third-order valence-corrected chi connectivity index (χ3v) is 3.40. The van der Waals surface area contributed by atoms with Crippen LogP contribution in [-0.4, -0.2) is 5.91 Å². The van der Waals surface area contributed by atoms with Crippen LogP contribution in [0.4, 0.5) is 10.1 Å². The summed E-state index contributed by atoms with van der Waals surface area (Å²) in [5, 5.41) is 2.65. The number of benzene rings is 2. The van der Waals surface area contributed by atoms with Crippen LogP contribution in [0.5, 0.6) is 0 Å². The van der Waals surface area contributed by atoms with Crippen LogP contribution in [0.25, 0.3) is 0 Å². The van der Waals surface area contributed by atoms with E-state index in [2.05, 4.69) is 5.32 Å². The van der Waals surface area contributed by atoms with Crippen LogP contribution in [0, 0.1) is 5.82 Å². The van der Waals surface area contributed by atoms with E-state index in [9.17, 15) is 9.18 Å². The van der Waals surface area contributed by atoms with Gasteiger partial charge in [-0.2, -0.15) is 0 Å². The summed E-state index contributed by atoms with van der Waals surface area (Å²) in [4.78, 5) is 11.8. The Morgan fingerprint density at radius 2 is 1.95 bits per heavy atom. The third kappa shape index (κ3) is 4.55. The Bertz CT molecular complexity index is 619. The van der Waals surface area contributed by atoms with Crippen molar-refractivity contribution >= 4 is 23.2 Å². The van der Waals surface area contributed by atoms with Gasteiger partial charge in [-0.1, -0.05) is 41.9 Å². The molecule has 0 radical (unpaired) electrons. The minimum Gasteiger partial charge on any atom is -0.326 e. The summed E-state index contributed by atoms with van der Waals surface area (Å²) < 4.78 is 13.0. The summed E-state index contributed by atoms with van der Waals surface area (Å²) in [5.74, 6) is -0.690. The van der Waals surface area contributed by atoms with E-state index in [0.717, 1.165) is 5.56 Å². The molecule has 2 aromatic rings. The molecule has 110 valence electrons. The van der Waals surface area contributed by atoms with Gasteiger partial charge in [0.25, 0.3) is 0 Å². The number of nitrogens with two attached hydrogens (primary N) is 1. The van der Waals surface area contributed by atoms with E-state index in [1.165, 1.54) is 18.2 Å². The molecule has 1 atom stereocenters. The van der Waals surface area contributed by atoms with E-state index in [4.69, 9.17) is 17.3 Å². The molecule has 1 amide bonds. The molecule has 0 saturated carbocycles. The molecular formula is C16H16ClFN2O. The summed E-state index contributed by atoms with van der Waals surface area (Å²) >= 11 is 5.66. The molecule has 21 heavy (non-hydrogen) atoms. The van der Waals surface area contributed by atoms with Gasteiger partial charge in [-0.15, -0.1) is 0 Å². The smallest absolute Gasteiger partial charge is 0.224 e. The lowest BCUT2D eigenvalue weighted by Gasteiger charge is -2.12. The van der Waals surface area contributed by atoms with Gasteiger partial charge >= 0.3 is 0 Å². The zero-order valence-corrected chi connectivity index (χ0v) is 12.1. The number of hydrogen-bond acceptors (Lipinski definition) is 2. The number of anilines is 1. The zero-order chi connectivity index (χ0) is 15.2. The second-order valence-electron chi connectivity index (χ2n) is 4.73. The molecular weight excluding hydrogens is 291 g/mol. The number of rotatable bonds is 5. The van der Waals surface area contributed by atoms with Crippen LogP contribution in [0.2, 0.25) is 5.02 Å². The van der Waals surface area contributed by atoms with Gasteiger partial charge < -0.3 is 11.1 Å². The van der Waals surface area contributed by atoms with Crippen LogP contribution in [-0.2, 0) is 4.79 Å². The molecule has 5 heteroatoms. The first-order valence-corrected chi connectivity index (χ1v) is 6.99. The largest absolute Gasteiger partial charge is 0.326 e. The van der Waals surface area contributed by atoms with Gasteiger partial charge in [-0.25, -0.2) is 4.39 Å². The highest BCUT2D eigenvalue weighted by molar-refractivity contribution is 6.31. The van der Waals surface area contributed by atoms with E-state index in [-0.39, 0.29) is 23.4 Å². The van der Waals surface area contributed by atoms with Gasteiger partial charge in [0.2, 0.25) is 5.91 Å². The normalized spacial score (nSPS) is 12.0. The van der Waals surface area contributed by atoms with Crippen LogP contribution >= 0.6 is 11.6 Å². The Kier molecular flexibility index (Phi) is 5.31. The number of amides is 1. The fraction of sp³-hybridized carbons (Fsp3) is 0.188. The Morgan fingerprint density at radius 3 is 2.62 bits per heavy atom. The Morgan fingerprint density at radius 1 is 1.24 bits per heavy atom. The molecule has 0 aliphatic heterocycles. The number of carbonyl (C=O) groups is 1. The second kappa shape index (κ2) is 7.20. The van der Waals surface area contributed by atoms with Crippen molar-refractivity contribution in [2.24, 2.45) is 5.73 Å². The fourth-order valence-corrected chi connectivity index (χ4v) is 2.13. The van der Waals surface area contributed by atoms with Gasteiger partial charge in [0.05, 0.1) is 5.02 Å². The number of halogens is 2. The Hall–Kier alpha value is -1.91. The number of carbonyl (C=O) groups excluding carboxylic acids is 1. The lowest BCUT2D eigenvalue weighted by atomic mass is 10.0. The molecule has 0 heterocycles. The van der Waals surface area contributed by atoms with Gasteiger partial charge in [-0.05, 0) is 30.2 Å². The average Bonchev–Trinajstić information content (AvgIpc) is 2.49. The van der Waals surface area contributed by atoms with Gasteiger partial charge in [0.1, 0.15) is 5.82 Å². The topological polar surface area (TPSA) is 55.1 Å². The third-order valence-electron chi connectivity index (χ3n) is 3.11. The maximum Gasteiger partial charge on any atom is 0.224 e.